The number of nitrogens with zero attached hydrogens (tertiary/aromatic N) is 1. The van der Waals surface area contributed by atoms with Crippen molar-refractivity contribution in [3.05, 3.63) is 60.0 Å². The summed E-state index contributed by atoms with van der Waals surface area (Å²) in [6, 6.07) is 13.8. The number of halogens is 1. The van der Waals surface area contributed by atoms with Gasteiger partial charge >= 0.3 is 5.97 Å². The summed E-state index contributed by atoms with van der Waals surface area (Å²) in [6.45, 7) is 3.64. The van der Waals surface area contributed by atoms with E-state index in [4.69, 9.17) is 9.72 Å². The molecule has 33 heavy (non-hydrogen) atoms. The minimum absolute atomic E-state index is 0.111. The molecule has 6 heteroatoms. The largest absolute Gasteiger partial charge is 0.424 e. The molecule has 3 aromatic rings. The monoisotopic (exact) mass is 451 g/mol. The number of aromatic nitrogens is 1. The molecule has 174 valence electrons. The summed E-state index contributed by atoms with van der Waals surface area (Å²) in [7, 11) is 0. The average Bonchev–Trinajstić information content (AvgIpc) is 3.65. The van der Waals surface area contributed by atoms with Gasteiger partial charge in [-0.15, -0.1) is 0 Å². The van der Waals surface area contributed by atoms with Crippen LogP contribution in [-0.4, -0.2) is 33.4 Å². The number of aliphatic hydroxyl groups excluding tert-OH is 2. The molecule has 1 saturated carbocycles. The number of hydrogen-bond donors (Lipinski definition) is 2. The summed E-state index contributed by atoms with van der Waals surface area (Å²) in [4.78, 5) is 18.1. The van der Waals surface area contributed by atoms with E-state index in [9.17, 15) is 19.4 Å². The van der Waals surface area contributed by atoms with Gasteiger partial charge in [-0.1, -0.05) is 44.2 Å². The molecule has 1 heterocycles. The second kappa shape index (κ2) is 9.98. The number of hydrogen-bond acceptors (Lipinski definition) is 5. The Morgan fingerprint density at radius 2 is 1.79 bits per heavy atom. The zero-order valence-corrected chi connectivity index (χ0v) is 19.0. The number of rotatable bonds is 9. The van der Waals surface area contributed by atoms with E-state index in [1.807, 2.05) is 38.1 Å². The van der Waals surface area contributed by atoms with Crippen molar-refractivity contribution >= 4 is 16.9 Å². The fourth-order valence-electron chi connectivity index (χ4n) is 4.24. The quantitative estimate of drug-likeness (QED) is 0.428. The number of esters is 1. The molecule has 3 atom stereocenters. The summed E-state index contributed by atoms with van der Waals surface area (Å²) in [5.41, 5.74) is 2.94. The number of benzene rings is 2. The molecule has 1 aromatic heterocycles. The third-order valence-corrected chi connectivity index (χ3v) is 6.37. The zero-order valence-electron chi connectivity index (χ0n) is 19.0. The molecule has 0 aliphatic heterocycles. The lowest BCUT2D eigenvalue weighted by molar-refractivity contribution is -0.143. The van der Waals surface area contributed by atoms with Crippen molar-refractivity contribution in [2.24, 2.45) is 5.92 Å². The fourth-order valence-corrected chi connectivity index (χ4v) is 4.24. The average molecular weight is 452 g/mol. The van der Waals surface area contributed by atoms with Crippen LogP contribution in [0.3, 0.4) is 0 Å². The van der Waals surface area contributed by atoms with E-state index in [1.54, 1.807) is 12.1 Å². The summed E-state index contributed by atoms with van der Waals surface area (Å²) >= 11 is 0. The first kappa shape index (κ1) is 23.3. The van der Waals surface area contributed by atoms with Gasteiger partial charge < -0.3 is 14.9 Å². The molecule has 5 nitrogen and oxygen atoms in total. The van der Waals surface area contributed by atoms with Crippen molar-refractivity contribution < 1.29 is 24.1 Å². The highest BCUT2D eigenvalue weighted by Crippen LogP contribution is 2.49. The Morgan fingerprint density at radius 3 is 2.42 bits per heavy atom. The third-order valence-electron chi connectivity index (χ3n) is 6.37. The van der Waals surface area contributed by atoms with Crippen molar-refractivity contribution in [3.8, 4) is 16.9 Å². The van der Waals surface area contributed by atoms with Gasteiger partial charge in [-0.2, -0.15) is 0 Å². The normalized spacial score (nSPS) is 16.4. The number of para-hydroxylation sites is 1. The molecule has 0 bridgehead atoms. The van der Waals surface area contributed by atoms with E-state index in [1.165, 1.54) is 12.1 Å². The van der Waals surface area contributed by atoms with E-state index in [0.29, 0.717) is 24.2 Å². The van der Waals surface area contributed by atoms with Crippen LogP contribution in [-0.2, 0) is 4.79 Å². The van der Waals surface area contributed by atoms with Crippen LogP contribution in [0.15, 0.2) is 48.5 Å². The lowest BCUT2D eigenvalue weighted by Crippen LogP contribution is -2.34. The molecule has 4 rings (SSSR count). The van der Waals surface area contributed by atoms with Crippen molar-refractivity contribution in [2.45, 2.75) is 64.1 Å². The van der Waals surface area contributed by atoms with E-state index >= 15 is 0 Å². The molecular formula is C27H30FNO4. The maximum atomic E-state index is 13.7. The predicted molar refractivity (Wildman–Crippen MR) is 125 cm³/mol. The Bertz CT molecular complexity index is 1130. The van der Waals surface area contributed by atoms with Gasteiger partial charge in [0.25, 0.3) is 0 Å². The lowest BCUT2D eigenvalue weighted by Gasteiger charge is -2.24. The SMILES string of the molecule is CCC(O)CC(O)C(CC)C(=O)Oc1c(C2CC2)nc2ccccc2c1-c1ccc(F)cc1. The summed E-state index contributed by atoms with van der Waals surface area (Å²) in [5, 5.41) is 21.4. The molecule has 0 amide bonds. The van der Waals surface area contributed by atoms with Crippen LogP contribution in [0.4, 0.5) is 4.39 Å². The zero-order chi connectivity index (χ0) is 23.5. The topological polar surface area (TPSA) is 79.7 Å². The van der Waals surface area contributed by atoms with Crippen molar-refractivity contribution in [1.29, 1.82) is 0 Å². The summed E-state index contributed by atoms with van der Waals surface area (Å²) in [5.74, 6) is -1.08. The number of aliphatic hydroxyl groups is 2. The smallest absolute Gasteiger partial charge is 0.317 e. The number of ether oxygens (including phenoxy) is 1. The Balaban J connectivity index is 1.80. The van der Waals surface area contributed by atoms with E-state index < -0.39 is 24.1 Å². The molecule has 3 unspecified atom stereocenters. The predicted octanol–water partition coefficient (Wildman–Crippen LogP) is 5.37. The minimum atomic E-state index is -1.01. The third kappa shape index (κ3) is 5.07. The molecule has 1 fully saturated rings. The lowest BCUT2D eigenvalue weighted by atomic mass is 9.94. The van der Waals surface area contributed by atoms with Crippen molar-refractivity contribution in [2.75, 3.05) is 0 Å². The van der Waals surface area contributed by atoms with Crippen molar-refractivity contribution in [3.63, 3.8) is 0 Å². The molecule has 1 aliphatic rings. The highest BCUT2D eigenvalue weighted by molar-refractivity contribution is 5.99. The van der Waals surface area contributed by atoms with Crippen LogP contribution in [0.5, 0.6) is 5.75 Å². The van der Waals surface area contributed by atoms with Crippen LogP contribution in [0.1, 0.15) is 57.6 Å². The van der Waals surface area contributed by atoms with Crippen LogP contribution >= 0.6 is 0 Å². The Labute approximate surface area is 193 Å². The van der Waals surface area contributed by atoms with Crippen LogP contribution in [0.2, 0.25) is 0 Å². The first-order chi connectivity index (χ1) is 15.9. The number of carbonyl (C=O) groups excluding carboxylic acids is 1. The molecule has 0 spiro atoms. The van der Waals surface area contributed by atoms with Crippen molar-refractivity contribution in [1.82, 2.24) is 4.98 Å². The molecule has 1 aliphatic carbocycles. The van der Waals surface area contributed by atoms with E-state index in [-0.39, 0.29) is 18.2 Å². The first-order valence-electron chi connectivity index (χ1n) is 11.7. The summed E-state index contributed by atoms with van der Waals surface area (Å²) in [6.07, 6.45) is 1.22. The van der Waals surface area contributed by atoms with Gasteiger partial charge in [0.05, 0.1) is 29.3 Å². The van der Waals surface area contributed by atoms with Gasteiger partial charge in [-0.05, 0) is 49.4 Å². The maximum Gasteiger partial charge on any atom is 0.317 e. The van der Waals surface area contributed by atoms with E-state index in [0.717, 1.165) is 35.0 Å². The van der Waals surface area contributed by atoms with Gasteiger partial charge in [0, 0.05) is 23.3 Å². The van der Waals surface area contributed by atoms with Crippen LogP contribution < -0.4 is 4.74 Å². The first-order valence-corrected chi connectivity index (χ1v) is 11.7. The van der Waals surface area contributed by atoms with Gasteiger partial charge in [0.2, 0.25) is 0 Å². The van der Waals surface area contributed by atoms with Gasteiger partial charge in [0.1, 0.15) is 5.82 Å². The highest BCUT2D eigenvalue weighted by atomic mass is 19.1. The number of pyridine rings is 1. The molecule has 0 saturated heterocycles. The molecular weight excluding hydrogens is 421 g/mol. The van der Waals surface area contributed by atoms with Gasteiger partial charge in [-0.25, -0.2) is 9.37 Å². The minimum Gasteiger partial charge on any atom is -0.424 e. The second-order valence-corrected chi connectivity index (χ2v) is 8.80. The Kier molecular flexibility index (Phi) is 7.05. The van der Waals surface area contributed by atoms with Gasteiger partial charge in [0.15, 0.2) is 5.75 Å². The maximum absolute atomic E-state index is 13.7. The van der Waals surface area contributed by atoms with Gasteiger partial charge in [-0.3, -0.25) is 4.79 Å². The van der Waals surface area contributed by atoms with Crippen LogP contribution in [0.25, 0.3) is 22.0 Å². The molecule has 2 aromatic carbocycles. The number of fused-ring (bicyclic) bond motifs is 1. The Morgan fingerprint density at radius 1 is 1.09 bits per heavy atom. The summed E-state index contributed by atoms with van der Waals surface area (Å²) < 4.78 is 19.7. The Hall–Kier alpha value is -2.83. The van der Waals surface area contributed by atoms with Crippen LogP contribution in [0, 0.1) is 11.7 Å². The molecule has 2 N–H and O–H groups in total. The van der Waals surface area contributed by atoms with E-state index in [2.05, 4.69) is 0 Å². The fraction of sp³-hybridized carbons (Fsp3) is 0.407. The number of carbonyl (C=O) groups is 1. The standard InChI is InChI=1S/C27H30FNO4/c1-3-19(30)15-23(31)20(4-2)27(32)33-26-24(16-11-13-18(28)14-12-16)21-7-5-6-8-22(21)29-25(26)17-9-10-17/h5-8,11-14,17,19-20,23,30-31H,3-4,9-10,15H2,1-2H3. The highest BCUT2D eigenvalue weighted by Gasteiger charge is 2.35. The second-order valence-electron chi connectivity index (χ2n) is 8.80. The molecule has 0 radical (unpaired) electrons.